The van der Waals surface area contributed by atoms with E-state index in [0.717, 1.165) is 0 Å². The second-order valence-corrected chi connectivity index (χ2v) is 10.1. The van der Waals surface area contributed by atoms with Crippen LogP contribution in [0.3, 0.4) is 0 Å². The fourth-order valence-corrected chi connectivity index (χ4v) is 4.90. The van der Waals surface area contributed by atoms with Crippen LogP contribution in [0.15, 0.2) is 65.3 Å². The Balaban J connectivity index is 1.22. The van der Waals surface area contributed by atoms with Crippen molar-refractivity contribution in [3.63, 3.8) is 0 Å². The molecule has 0 radical (unpaired) electrons. The summed E-state index contributed by atoms with van der Waals surface area (Å²) in [7, 11) is 0. The zero-order valence-corrected chi connectivity index (χ0v) is 24.0. The molecule has 1 aliphatic rings. The van der Waals surface area contributed by atoms with Gasteiger partial charge in [-0.25, -0.2) is 19.2 Å². The van der Waals surface area contributed by atoms with Crippen LogP contribution in [-0.2, 0) is 0 Å². The highest BCUT2D eigenvalue weighted by molar-refractivity contribution is 5.93. The monoisotopic (exact) mass is 600 g/mol. The smallest absolute Gasteiger partial charge is 0.407 e. The van der Waals surface area contributed by atoms with Crippen LogP contribution in [-0.4, -0.2) is 62.1 Å². The Bertz CT molecular complexity index is 1810. The number of rotatable bonds is 9. The lowest BCUT2D eigenvalue weighted by molar-refractivity contribution is 0.0874. The molecule has 6 rings (SSSR count). The molecule has 1 fully saturated rings. The first-order valence-electron chi connectivity index (χ1n) is 14.1. The van der Waals surface area contributed by atoms with E-state index in [-0.39, 0.29) is 11.8 Å². The van der Waals surface area contributed by atoms with Gasteiger partial charge in [0.25, 0.3) is 0 Å². The largest absolute Gasteiger partial charge is 0.490 e. The molecule has 12 nitrogen and oxygen atoms in total. The highest BCUT2D eigenvalue weighted by Gasteiger charge is 2.25. The summed E-state index contributed by atoms with van der Waals surface area (Å²) in [4.78, 5) is 21.4. The summed E-state index contributed by atoms with van der Waals surface area (Å²) < 4.78 is 38.8. The number of piperidine rings is 1. The molecule has 0 atom stereocenters. The van der Waals surface area contributed by atoms with Gasteiger partial charge in [-0.05, 0) is 43.3 Å². The van der Waals surface area contributed by atoms with Gasteiger partial charge in [0, 0.05) is 55.9 Å². The van der Waals surface area contributed by atoms with E-state index in [1.165, 1.54) is 17.3 Å². The fraction of sp³-hybridized carbons (Fsp3) is 0.258. The second kappa shape index (κ2) is 12.4. The van der Waals surface area contributed by atoms with Crippen molar-refractivity contribution >= 4 is 28.5 Å². The van der Waals surface area contributed by atoms with E-state index in [0.29, 0.717) is 89.6 Å². The molecule has 1 aliphatic heterocycles. The van der Waals surface area contributed by atoms with Crippen molar-refractivity contribution in [3.05, 3.63) is 72.6 Å². The third-order valence-corrected chi connectivity index (χ3v) is 7.04. The number of fused-ring (bicyclic) bond motifs is 1. The Morgan fingerprint density at radius 2 is 1.89 bits per heavy atom. The molecular formula is C31H29FN6O6. The van der Waals surface area contributed by atoms with E-state index in [1.807, 2.05) is 13.0 Å². The van der Waals surface area contributed by atoms with Crippen molar-refractivity contribution in [2.45, 2.75) is 32.8 Å². The van der Waals surface area contributed by atoms with Crippen LogP contribution in [0, 0.1) is 12.7 Å². The van der Waals surface area contributed by atoms with E-state index < -0.39 is 11.9 Å². The molecule has 226 valence electrons. The molecule has 2 N–H and O–H groups in total. The molecule has 44 heavy (non-hydrogen) atoms. The van der Waals surface area contributed by atoms with Crippen LogP contribution >= 0.6 is 0 Å². The van der Waals surface area contributed by atoms with E-state index in [4.69, 9.17) is 18.6 Å². The van der Waals surface area contributed by atoms with Gasteiger partial charge in [0.1, 0.15) is 35.6 Å². The summed E-state index contributed by atoms with van der Waals surface area (Å²) in [5.74, 6) is 2.40. The quantitative estimate of drug-likeness (QED) is 0.189. The number of carboxylic acid groups (broad SMARTS) is 1. The summed E-state index contributed by atoms with van der Waals surface area (Å²) in [5.41, 5.74) is 1.44. The summed E-state index contributed by atoms with van der Waals surface area (Å²) in [5, 5.41) is 20.8. The highest BCUT2D eigenvalue weighted by Crippen LogP contribution is 2.37. The van der Waals surface area contributed by atoms with Crippen LogP contribution in [0.25, 0.3) is 22.4 Å². The van der Waals surface area contributed by atoms with Gasteiger partial charge in [0.05, 0.1) is 17.8 Å². The number of hydrogen-bond acceptors (Lipinski definition) is 10. The Hall–Kier alpha value is -5.46. The van der Waals surface area contributed by atoms with Crippen LogP contribution in [0.5, 0.6) is 23.0 Å². The first-order chi connectivity index (χ1) is 21.4. The molecule has 2 aromatic heterocycles. The SMILES string of the molecule is CCOc1cc2ncnc(Nc3ccc(Oc4cccc(-c5nnc(C)o5)c4)cc3F)c2cc1OC1CCN(C(=O)O)CC1. The molecule has 0 bridgehead atoms. The average Bonchev–Trinajstić information content (AvgIpc) is 3.46. The summed E-state index contributed by atoms with van der Waals surface area (Å²) in [6.45, 7) is 4.76. The molecule has 0 unspecified atom stereocenters. The lowest BCUT2D eigenvalue weighted by atomic mass is 10.1. The van der Waals surface area contributed by atoms with E-state index in [2.05, 4.69) is 25.5 Å². The Morgan fingerprint density at radius 3 is 2.61 bits per heavy atom. The molecule has 13 heteroatoms. The lowest BCUT2D eigenvalue weighted by Gasteiger charge is -2.30. The lowest BCUT2D eigenvalue weighted by Crippen LogP contribution is -2.41. The van der Waals surface area contributed by atoms with Gasteiger partial charge >= 0.3 is 6.09 Å². The normalized spacial score (nSPS) is 13.6. The number of amides is 1. The molecule has 0 aliphatic carbocycles. The Labute approximate surface area is 251 Å². The topological polar surface area (TPSA) is 145 Å². The van der Waals surface area contributed by atoms with Crippen molar-refractivity contribution in [1.29, 1.82) is 0 Å². The number of ether oxygens (including phenoxy) is 3. The number of aryl methyl sites for hydroxylation is 1. The number of anilines is 2. The maximum Gasteiger partial charge on any atom is 0.407 e. The standard InChI is InChI=1S/C31H29FN6O6/c1-3-41-27-16-26-23(15-28(27)44-20-9-11-38(12-10-20)31(39)40)29(34-17-33-26)35-25-8-7-22(14-24(25)32)43-21-6-4-5-19(13-21)30-37-36-18(2)42-30/h4-8,13-17,20H,3,9-12H2,1-2H3,(H,39,40)(H,33,34,35). The van der Waals surface area contributed by atoms with Gasteiger partial charge in [-0.2, -0.15) is 0 Å². The molecule has 0 saturated carbocycles. The number of halogens is 1. The number of aromatic nitrogens is 4. The predicted octanol–water partition coefficient (Wildman–Crippen LogP) is 6.58. The molecule has 3 heterocycles. The molecule has 1 saturated heterocycles. The van der Waals surface area contributed by atoms with E-state index >= 15 is 4.39 Å². The summed E-state index contributed by atoms with van der Waals surface area (Å²) in [6, 6.07) is 15.1. The maximum atomic E-state index is 15.3. The van der Waals surface area contributed by atoms with E-state index in [9.17, 15) is 9.90 Å². The van der Waals surface area contributed by atoms with Crippen molar-refractivity contribution < 1.29 is 32.9 Å². The zero-order chi connectivity index (χ0) is 30.6. The summed E-state index contributed by atoms with van der Waals surface area (Å²) >= 11 is 0. The fourth-order valence-electron chi connectivity index (χ4n) is 4.90. The van der Waals surface area contributed by atoms with Crippen molar-refractivity contribution in [3.8, 4) is 34.5 Å². The van der Waals surface area contributed by atoms with Gasteiger partial charge in [-0.15, -0.1) is 10.2 Å². The highest BCUT2D eigenvalue weighted by atomic mass is 19.1. The second-order valence-electron chi connectivity index (χ2n) is 10.1. The molecule has 3 aromatic carbocycles. The number of likely N-dealkylation sites (tertiary alicyclic amines) is 1. The van der Waals surface area contributed by atoms with Crippen molar-refractivity contribution in [1.82, 2.24) is 25.1 Å². The summed E-state index contributed by atoms with van der Waals surface area (Å²) in [6.07, 6.45) is 1.36. The number of hydrogen-bond donors (Lipinski definition) is 2. The number of nitrogens with one attached hydrogen (secondary N) is 1. The first kappa shape index (κ1) is 28.6. The Kier molecular flexibility index (Phi) is 8.08. The van der Waals surface area contributed by atoms with Crippen molar-refractivity contribution in [2.75, 3.05) is 25.0 Å². The van der Waals surface area contributed by atoms with Crippen LogP contribution in [0.1, 0.15) is 25.7 Å². The molecule has 1 amide bonds. The maximum absolute atomic E-state index is 15.3. The van der Waals surface area contributed by atoms with Gasteiger partial charge in [-0.1, -0.05) is 6.07 Å². The minimum atomic E-state index is -0.937. The Morgan fingerprint density at radius 1 is 1.07 bits per heavy atom. The zero-order valence-electron chi connectivity index (χ0n) is 24.0. The average molecular weight is 601 g/mol. The number of benzene rings is 3. The molecule has 0 spiro atoms. The van der Waals surface area contributed by atoms with Gasteiger partial charge in [-0.3, -0.25) is 0 Å². The number of nitrogens with zero attached hydrogens (tertiary/aromatic N) is 5. The molecule has 5 aromatic rings. The minimum Gasteiger partial charge on any atom is -0.490 e. The number of carbonyl (C=O) groups is 1. The van der Waals surface area contributed by atoms with E-state index in [1.54, 1.807) is 49.4 Å². The molecular weight excluding hydrogens is 571 g/mol. The van der Waals surface area contributed by atoms with Crippen LogP contribution < -0.4 is 19.5 Å². The van der Waals surface area contributed by atoms with Crippen LogP contribution in [0.4, 0.5) is 20.7 Å². The predicted molar refractivity (Wildman–Crippen MR) is 158 cm³/mol. The third kappa shape index (κ3) is 6.31. The van der Waals surface area contributed by atoms with Crippen LogP contribution in [0.2, 0.25) is 0 Å². The van der Waals surface area contributed by atoms with Gasteiger partial charge in [0.2, 0.25) is 11.8 Å². The third-order valence-electron chi connectivity index (χ3n) is 7.04. The van der Waals surface area contributed by atoms with Crippen molar-refractivity contribution in [2.24, 2.45) is 0 Å². The van der Waals surface area contributed by atoms with Gasteiger partial charge in [0.15, 0.2) is 11.5 Å². The minimum absolute atomic E-state index is 0.185. The first-order valence-corrected chi connectivity index (χ1v) is 14.1. The van der Waals surface area contributed by atoms with Gasteiger partial charge < -0.3 is 34.0 Å².